The van der Waals surface area contributed by atoms with Gasteiger partial charge in [0.25, 0.3) is 5.91 Å². The molecule has 174 valence electrons. The third kappa shape index (κ3) is 7.29. The molecule has 32 heavy (non-hydrogen) atoms. The van der Waals surface area contributed by atoms with Gasteiger partial charge < -0.3 is 19.7 Å². The highest BCUT2D eigenvalue weighted by Gasteiger charge is 2.29. The molecule has 1 N–H and O–H groups in total. The zero-order chi connectivity index (χ0) is 23.5. The quantitative estimate of drug-likeness (QED) is 0.496. The van der Waals surface area contributed by atoms with Gasteiger partial charge in [-0.3, -0.25) is 9.59 Å². The molecule has 0 fully saturated rings. The number of nitrogens with zero attached hydrogens (tertiary/aromatic N) is 1. The van der Waals surface area contributed by atoms with Crippen LogP contribution in [0.2, 0.25) is 0 Å². The highest BCUT2D eigenvalue weighted by molar-refractivity contribution is 5.88. The van der Waals surface area contributed by atoms with E-state index in [0.29, 0.717) is 25.3 Å². The van der Waals surface area contributed by atoms with Crippen LogP contribution in [0.25, 0.3) is 0 Å². The number of rotatable bonds is 12. The summed E-state index contributed by atoms with van der Waals surface area (Å²) >= 11 is 0. The number of carbonyl (C=O) groups excluding carboxylic acids is 2. The van der Waals surface area contributed by atoms with Crippen molar-refractivity contribution in [3.63, 3.8) is 0 Å². The summed E-state index contributed by atoms with van der Waals surface area (Å²) in [5.74, 6) is 1.08. The van der Waals surface area contributed by atoms with Crippen molar-refractivity contribution in [2.75, 3.05) is 20.3 Å². The van der Waals surface area contributed by atoms with Crippen LogP contribution in [0, 0.1) is 13.8 Å². The minimum Gasteiger partial charge on any atom is -0.497 e. The number of hydrogen-bond acceptors (Lipinski definition) is 4. The molecule has 0 radical (unpaired) electrons. The zero-order valence-corrected chi connectivity index (χ0v) is 19.9. The summed E-state index contributed by atoms with van der Waals surface area (Å²) in [5.41, 5.74) is 2.95. The summed E-state index contributed by atoms with van der Waals surface area (Å²) in [6.07, 6.45) is 2.42. The Morgan fingerprint density at radius 1 is 1.06 bits per heavy atom. The summed E-state index contributed by atoms with van der Waals surface area (Å²) in [4.78, 5) is 27.8. The van der Waals surface area contributed by atoms with Crippen LogP contribution in [-0.2, 0) is 16.1 Å². The highest BCUT2D eigenvalue weighted by Crippen LogP contribution is 2.20. The fourth-order valence-corrected chi connectivity index (χ4v) is 3.44. The summed E-state index contributed by atoms with van der Waals surface area (Å²) in [5, 5.41) is 2.97. The number of ether oxygens (including phenoxy) is 2. The van der Waals surface area contributed by atoms with Gasteiger partial charge in [0.05, 0.1) is 7.11 Å². The zero-order valence-electron chi connectivity index (χ0n) is 19.9. The molecule has 6 nitrogen and oxygen atoms in total. The Hall–Kier alpha value is -3.02. The molecule has 0 aliphatic carbocycles. The maximum Gasteiger partial charge on any atom is 0.261 e. The molecule has 0 heterocycles. The first-order valence-corrected chi connectivity index (χ1v) is 11.3. The molecule has 0 unspecified atom stereocenters. The molecule has 2 aromatic carbocycles. The second kappa shape index (κ2) is 12.7. The summed E-state index contributed by atoms with van der Waals surface area (Å²) < 4.78 is 11.1. The summed E-state index contributed by atoms with van der Waals surface area (Å²) in [7, 11) is 1.61. The molecular formula is C26H36N2O4. The van der Waals surface area contributed by atoms with Gasteiger partial charge in [0.15, 0.2) is 6.61 Å². The van der Waals surface area contributed by atoms with Gasteiger partial charge >= 0.3 is 0 Å². The third-order valence-electron chi connectivity index (χ3n) is 5.42. The number of benzene rings is 2. The monoisotopic (exact) mass is 440 g/mol. The Kier molecular flexibility index (Phi) is 10.1. The average Bonchev–Trinajstić information content (AvgIpc) is 2.80. The molecule has 0 bridgehead atoms. The third-order valence-corrected chi connectivity index (χ3v) is 5.42. The van der Waals surface area contributed by atoms with E-state index in [9.17, 15) is 9.59 Å². The van der Waals surface area contributed by atoms with Gasteiger partial charge in [-0.25, -0.2) is 0 Å². The maximum atomic E-state index is 13.3. The number of unbranched alkanes of at least 4 members (excludes halogenated alkanes) is 1. The molecule has 6 heteroatoms. The summed E-state index contributed by atoms with van der Waals surface area (Å²) in [6.45, 7) is 8.73. The van der Waals surface area contributed by atoms with E-state index < -0.39 is 6.04 Å². The van der Waals surface area contributed by atoms with Crippen LogP contribution in [0.3, 0.4) is 0 Å². The van der Waals surface area contributed by atoms with Gasteiger partial charge in [0, 0.05) is 13.1 Å². The van der Waals surface area contributed by atoms with E-state index >= 15 is 0 Å². The molecule has 0 aliphatic heterocycles. The Bertz CT molecular complexity index is 880. The molecule has 2 aromatic rings. The van der Waals surface area contributed by atoms with Gasteiger partial charge in [0.2, 0.25) is 5.91 Å². The average molecular weight is 441 g/mol. The van der Waals surface area contributed by atoms with Gasteiger partial charge in [-0.2, -0.15) is 0 Å². The Morgan fingerprint density at radius 2 is 1.78 bits per heavy atom. The Morgan fingerprint density at radius 3 is 2.41 bits per heavy atom. The van der Waals surface area contributed by atoms with E-state index in [1.54, 1.807) is 12.0 Å². The molecule has 2 amide bonds. The molecular weight excluding hydrogens is 404 g/mol. The van der Waals surface area contributed by atoms with Crippen LogP contribution < -0.4 is 14.8 Å². The second-order valence-electron chi connectivity index (χ2n) is 8.00. The Labute approximate surface area is 191 Å². The predicted octanol–water partition coefficient (Wildman–Crippen LogP) is 4.41. The molecule has 0 spiro atoms. The first-order chi connectivity index (χ1) is 15.4. The highest BCUT2D eigenvalue weighted by atomic mass is 16.5. The lowest BCUT2D eigenvalue weighted by Crippen LogP contribution is -2.50. The minimum absolute atomic E-state index is 0.126. The van der Waals surface area contributed by atoms with Crippen molar-refractivity contribution < 1.29 is 19.1 Å². The van der Waals surface area contributed by atoms with Crippen LogP contribution in [-0.4, -0.2) is 43.0 Å². The van der Waals surface area contributed by atoms with Crippen molar-refractivity contribution in [3.05, 3.63) is 59.2 Å². The molecule has 0 saturated carbocycles. The fraction of sp³-hybridized carbons (Fsp3) is 0.462. The van der Waals surface area contributed by atoms with Crippen LogP contribution in [0.1, 0.15) is 49.8 Å². The fourth-order valence-electron chi connectivity index (χ4n) is 3.44. The van der Waals surface area contributed by atoms with E-state index in [1.807, 2.05) is 63.2 Å². The number of hydrogen-bond donors (Lipinski definition) is 1. The first kappa shape index (κ1) is 25.2. The number of carbonyl (C=O) groups is 2. The SMILES string of the molecule is CCCCNC(=O)[C@H](CC)N(Cc1ccc(OC)cc1)C(=O)COc1cc(C)ccc1C. The van der Waals surface area contributed by atoms with Crippen LogP contribution >= 0.6 is 0 Å². The van der Waals surface area contributed by atoms with Gasteiger partial charge in [0.1, 0.15) is 17.5 Å². The molecule has 2 rings (SSSR count). The normalized spacial score (nSPS) is 11.5. The second-order valence-corrected chi connectivity index (χ2v) is 8.00. The van der Waals surface area contributed by atoms with Crippen molar-refractivity contribution in [1.29, 1.82) is 0 Å². The van der Waals surface area contributed by atoms with Crippen LogP contribution in [0.15, 0.2) is 42.5 Å². The van der Waals surface area contributed by atoms with E-state index in [-0.39, 0.29) is 18.4 Å². The number of nitrogens with one attached hydrogen (secondary N) is 1. The van der Waals surface area contributed by atoms with Gasteiger partial charge in [-0.15, -0.1) is 0 Å². The van der Waals surface area contributed by atoms with E-state index in [1.165, 1.54) is 0 Å². The number of aryl methyl sites for hydroxylation is 2. The molecule has 0 aromatic heterocycles. The lowest BCUT2D eigenvalue weighted by atomic mass is 10.1. The van der Waals surface area contributed by atoms with Crippen molar-refractivity contribution in [2.24, 2.45) is 0 Å². The van der Waals surface area contributed by atoms with Crippen molar-refractivity contribution in [3.8, 4) is 11.5 Å². The molecule has 0 saturated heterocycles. The minimum atomic E-state index is -0.566. The van der Waals surface area contributed by atoms with Crippen molar-refractivity contribution in [1.82, 2.24) is 10.2 Å². The lowest BCUT2D eigenvalue weighted by molar-refractivity contribution is -0.143. The largest absolute Gasteiger partial charge is 0.497 e. The van der Waals surface area contributed by atoms with E-state index in [4.69, 9.17) is 9.47 Å². The van der Waals surface area contributed by atoms with Gasteiger partial charge in [-0.1, -0.05) is 44.5 Å². The molecule has 0 aliphatic rings. The molecule has 1 atom stereocenters. The number of methoxy groups -OCH3 is 1. The Balaban J connectivity index is 2.20. The smallest absolute Gasteiger partial charge is 0.261 e. The number of amides is 2. The maximum absolute atomic E-state index is 13.3. The predicted molar refractivity (Wildman–Crippen MR) is 127 cm³/mol. The van der Waals surface area contributed by atoms with E-state index in [0.717, 1.165) is 35.3 Å². The van der Waals surface area contributed by atoms with Crippen molar-refractivity contribution in [2.45, 2.75) is 59.5 Å². The van der Waals surface area contributed by atoms with Crippen LogP contribution in [0.5, 0.6) is 11.5 Å². The van der Waals surface area contributed by atoms with Gasteiger partial charge in [-0.05, 0) is 61.6 Å². The lowest BCUT2D eigenvalue weighted by Gasteiger charge is -2.30. The van der Waals surface area contributed by atoms with E-state index in [2.05, 4.69) is 12.2 Å². The standard InChI is InChI=1S/C26H36N2O4/c1-6-8-15-27-26(30)23(7-2)28(17-21-11-13-22(31-5)14-12-21)25(29)18-32-24-16-19(3)9-10-20(24)4/h9-14,16,23H,6-8,15,17-18H2,1-5H3,(H,27,30)/t23-/m0/s1. The first-order valence-electron chi connectivity index (χ1n) is 11.3. The van der Waals surface area contributed by atoms with Crippen molar-refractivity contribution >= 4 is 11.8 Å². The topological polar surface area (TPSA) is 67.9 Å². The summed E-state index contributed by atoms with van der Waals surface area (Å²) in [6, 6.07) is 12.9. The van der Waals surface area contributed by atoms with Crippen LogP contribution in [0.4, 0.5) is 0 Å².